The fourth-order valence-electron chi connectivity index (χ4n) is 6.01. The van der Waals surface area contributed by atoms with Crippen molar-refractivity contribution in [2.24, 2.45) is 5.92 Å². The first kappa shape index (κ1) is 23.9. The monoisotopic (exact) mass is 540 g/mol. The van der Waals surface area contributed by atoms with Gasteiger partial charge in [-0.2, -0.15) is 0 Å². The Morgan fingerprint density at radius 2 is 1.73 bits per heavy atom. The summed E-state index contributed by atoms with van der Waals surface area (Å²) >= 11 is 2.27. The maximum absolute atomic E-state index is 12.9. The largest absolute Gasteiger partial charge is 0.416 e. The number of carbonyl (C=O) groups excluding carboxylic acids is 1. The Labute approximate surface area is 197 Å². The second-order valence-electron chi connectivity index (χ2n) is 9.80. The van der Waals surface area contributed by atoms with Crippen LogP contribution in [0.5, 0.6) is 0 Å². The lowest BCUT2D eigenvalue weighted by Gasteiger charge is -2.43. The molecule has 2 aliphatic rings. The number of rotatable bonds is 8. The van der Waals surface area contributed by atoms with Crippen LogP contribution in [0.15, 0.2) is 40.1 Å². The summed E-state index contributed by atoms with van der Waals surface area (Å²) in [4.78, 5) is 15.3. The molecular formula is C24H37IN2O2Si. The number of hydrogen-bond acceptors (Lipinski definition) is 3. The van der Waals surface area contributed by atoms with E-state index in [0.29, 0.717) is 22.5 Å². The number of nitrogens with one attached hydrogen (secondary N) is 1. The van der Waals surface area contributed by atoms with Gasteiger partial charge in [0.1, 0.15) is 0 Å². The van der Waals surface area contributed by atoms with E-state index in [4.69, 9.17) is 4.43 Å². The summed E-state index contributed by atoms with van der Waals surface area (Å²) in [7, 11) is -1.93. The lowest BCUT2D eigenvalue weighted by atomic mass is 9.99. The van der Waals surface area contributed by atoms with Gasteiger partial charge in [-0.3, -0.25) is 9.69 Å². The number of carbonyl (C=O) groups is 1. The third kappa shape index (κ3) is 4.43. The zero-order valence-electron chi connectivity index (χ0n) is 19.2. The zero-order chi connectivity index (χ0) is 22.1. The Morgan fingerprint density at radius 1 is 1.13 bits per heavy atom. The van der Waals surface area contributed by atoms with Gasteiger partial charge in [-0.05, 0) is 32.7 Å². The van der Waals surface area contributed by atoms with Gasteiger partial charge in [0.15, 0.2) is 8.32 Å². The van der Waals surface area contributed by atoms with Gasteiger partial charge in [-0.1, -0.05) is 94.5 Å². The summed E-state index contributed by atoms with van der Waals surface area (Å²) in [6.07, 6.45) is 0.871. The van der Waals surface area contributed by atoms with Crippen molar-refractivity contribution in [3.8, 4) is 0 Å². The number of fused-ring (bicyclic) bond motifs is 2. The lowest BCUT2D eigenvalue weighted by Crippen LogP contribution is -2.54. The molecule has 0 aromatic heterocycles. The van der Waals surface area contributed by atoms with Crippen LogP contribution in [0.2, 0.25) is 16.6 Å². The van der Waals surface area contributed by atoms with Gasteiger partial charge >= 0.3 is 0 Å². The number of halogens is 1. The minimum atomic E-state index is -1.93. The quantitative estimate of drug-likeness (QED) is 0.333. The van der Waals surface area contributed by atoms with Crippen molar-refractivity contribution in [2.75, 3.05) is 6.61 Å². The van der Waals surface area contributed by atoms with E-state index in [0.717, 1.165) is 25.3 Å². The second-order valence-corrected chi connectivity index (χ2v) is 15.9. The molecule has 0 radical (unpaired) electrons. The maximum atomic E-state index is 12.9. The van der Waals surface area contributed by atoms with Crippen LogP contribution in [-0.2, 0) is 15.8 Å². The standard InChI is InChI=1S/C24H37IN2O2Si/c1-16(2)30(17(3)4,18(5)6)29-15-20-12-22-24(28)26-21(13-25)23(20)27(22)14-19-10-8-7-9-11-19/h7-11,13,16-18,20,22-23H,12,14-15H2,1-6H3,(H,26,28)/b21-13-/t20-,22?,23?/m0/s1. The summed E-state index contributed by atoms with van der Waals surface area (Å²) in [5, 5.41) is 3.17. The molecule has 1 aromatic rings. The highest BCUT2D eigenvalue weighted by Gasteiger charge is 2.52. The van der Waals surface area contributed by atoms with Gasteiger partial charge in [-0.25, -0.2) is 0 Å². The van der Waals surface area contributed by atoms with Gasteiger partial charge in [0, 0.05) is 24.8 Å². The van der Waals surface area contributed by atoms with Crippen molar-refractivity contribution >= 4 is 36.8 Å². The number of hydrogen-bond donors (Lipinski definition) is 1. The Morgan fingerprint density at radius 3 is 2.27 bits per heavy atom. The third-order valence-electron chi connectivity index (χ3n) is 7.20. The molecule has 0 aliphatic carbocycles. The first-order chi connectivity index (χ1) is 14.2. The van der Waals surface area contributed by atoms with Crippen molar-refractivity contribution in [3.63, 3.8) is 0 Å². The molecule has 2 bridgehead atoms. The predicted octanol–water partition coefficient (Wildman–Crippen LogP) is 5.84. The van der Waals surface area contributed by atoms with Gasteiger partial charge in [0.05, 0.1) is 12.1 Å². The Hall–Kier alpha value is -0.703. The molecular weight excluding hydrogens is 503 g/mol. The lowest BCUT2D eigenvalue weighted by molar-refractivity contribution is -0.127. The van der Waals surface area contributed by atoms with Crippen LogP contribution in [0.3, 0.4) is 0 Å². The molecule has 3 rings (SSSR count). The van der Waals surface area contributed by atoms with E-state index >= 15 is 0 Å². The number of benzene rings is 1. The Balaban J connectivity index is 1.86. The van der Waals surface area contributed by atoms with E-state index < -0.39 is 8.32 Å². The van der Waals surface area contributed by atoms with E-state index in [1.807, 2.05) is 10.1 Å². The van der Waals surface area contributed by atoms with Crippen molar-refractivity contribution in [1.82, 2.24) is 10.2 Å². The van der Waals surface area contributed by atoms with Gasteiger partial charge in [-0.15, -0.1) is 0 Å². The van der Waals surface area contributed by atoms with Crippen molar-refractivity contribution in [3.05, 3.63) is 45.7 Å². The van der Waals surface area contributed by atoms with Crippen LogP contribution in [0.25, 0.3) is 0 Å². The fraction of sp³-hybridized carbons (Fsp3) is 0.625. The van der Waals surface area contributed by atoms with E-state index in [2.05, 4.69) is 98.6 Å². The van der Waals surface area contributed by atoms with E-state index in [1.54, 1.807) is 0 Å². The highest BCUT2D eigenvalue weighted by atomic mass is 127. The normalized spacial score (nSPS) is 26.3. The first-order valence-corrected chi connectivity index (χ1v) is 14.7. The number of amides is 1. The average Bonchev–Trinajstić information content (AvgIpc) is 2.97. The molecule has 0 spiro atoms. The van der Waals surface area contributed by atoms with Crippen LogP contribution in [0.1, 0.15) is 53.5 Å². The molecule has 2 heterocycles. The smallest absolute Gasteiger partial charge is 0.241 e. The van der Waals surface area contributed by atoms with Crippen LogP contribution >= 0.6 is 22.6 Å². The summed E-state index contributed by atoms with van der Waals surface area (Å²) in [5.74, 6) is 0.467. The molecule has 30 heavy (non-hydrogen) atoms. The van der Waals surface area contributed by atoms with Gasteiger partial charge in [0.2, 0.25) is 5.91 Å². The first-order valence-electron chi connectivity index (χ1n) is 11.3. The molecule has 1 N–H and O–H groups in total. The molecule has 2 unspecified atom stereocenters. The topological polar surface area (TPSA) is 41.6 Å². The van der Waals surface area contributed by atoms with Crippen molar-refractivity contribution < 1.29 is 9.22 Å². The highest BCUT2D eigenvalue weighted by Crippen LogP contribution is 2.45. The highest BCUT2D eigenvalue weighted by molar-refractivity contribution is 14.1. The predicted molar refractivity (Wildman–Crippen MR) is 135 cm³/mol. The Bertz CT molecular complexity index is 744. The molecule has 2 aliphatic heterocycles. The molecule has 3 atom stereocenters. The van der Waals surface area contributed by atoms with Crippen LogP contribution in [0.4, 0.5) is 0 Å². The number of nitrogens with zero attached hydrogens (tertiary/aromatic N) is 1. The molecule has 2 saturated heterocycles. The summed E-state index contributed by atoms with van der Waals surface area (Å²) in [5.41, 5.74) is 3.99. The Kier molecular flexibility index (Phi) is 7.85. The third-order valence-corrected chi connectivity index (χ3v) is 14.0. The zero-order valence-corrected chi connectivity index (χ0v) is 22.3. The van der Waals surface area contributed by atoms with Crippen molar-refractivity contribution in [2.45, 2.75) is 83.2 Å². The minimum absolute atomic E-state index is 0.0721. The van der Waals surface area contributed by atoms with Crippen LogP contribution in [-0.4, -0.2) is 37.8 Å². The fourth-order valence-corrected chi connectivity index (χ4v) is 12.0. The molecule has 2 fully saturated rings. The molecule has 1 aromatic carbocycles. The van der Waals surface area contributed by atoms with Crippen molar-refractivity contribution in [1.29, 1.82) is 0 Å². The molecule has 1 amide bonds. The minimum Gasteiger partial charge on any atom is -0.416 e. The summed E-state index contributed by atoms with van der Waals surface area (Å²) < 4.78 is 9.02. The van der Waals surface area contributed by atoms with Gasteiger partial charge < -0.3 is 9.74 Å². The second kappa shape index (κ2) is 9.84. The molecule has 0 saturated carbocycles. The summed E-state index contributed by atoms with van der Waals surface area (Å²) in [6.45, 7) is 15.6. The summed E-state index contributed by atoms with van der Waals surface area (Å²) in [6, 6.07) is 10.6. The maximum Gasteiger partial charge on any atom is 0.241 e. The van der Waals surface area contributed by atoms with Gasteiger partial charge in [0.25, 0.3) is 0 Å². The van der Waals surface area contributed by atoms with Crippen LogP contribution < -0.4 is 5.32 Å². The average molecular weight is 541 g/mol. The number of piperazine rings is 1. The molecule has 4 nitrogen and oxygen atoms in total. The van der Waals surface area contributed by atoms with E-state index in [-0.39, 0.29) is 18.0 Å². The van der Waals surface area contributed by atoms with Crippen LogP contribution in [0, 0.1) is 5.92 Å². The van der Waals surface area contributed by atoms with E-state index in [9.17, 15) is 4.79 Å². The molecule has 166 valence electrons. The SMILES string of the molecule is CC(C)[Si](OC[C@@H]1CC2C(=O)N/C(=C\I)C1N2Cc1ccccc1)(C(C)C)C(C)C. The molecule has 6 heteroatoms. The van der Waals surface area contributed by atoms with E-state index in [1.165, 1.54) is 5.56 Å².